The molecule has 1 spiro atoms. The molecule has 1 aliphatic carbocycles. The molecule has 2 aromatic rings. The second kappa shape index (κ2) is 9.71. The van der Waals surface area contributed by atoms with E-state index >= 15 is 0 Å². The van der Waals surface area contributed by atoms with Crippen molar-refractivity contribution in [3.05, 3.63) is 46.4 Å². The van der Waals surface area contributed by atoms with Crippen LogP contribution in [0, 0.1) is 16.7 Å². The van der Waals surface area contributed by atoms with Gasteiger partial charge < -0.3 is 25.0 Å². The molecular formula is C27H31ClN6O4. The van der Waals surface area contributed by atoms with Gasteiger partial charge in [0, 0.05) is 30.9 Å². The maximum atomic E-state index is 13.3. The Morgan fingerprint density at radius 1 is 1.32 bits per heavy atom. The summed E-state index contributed by atoms with van der Waals surface area (Å²) in [5.74, 6) is 0.336. The zero-order chi connectivity index (χ0) is 27.2. The van der Waals surface area contributed by atoms with Crippen LogP contribution in [0.5, 0.6) is 0 Å². The number of carbonyl (C=O) groups is 2. The fraction of sp³-hybridized carbons (Fsp3) is 0.519. The molecule has 11 heteroatoms. The number of nitrogens with one attached hydrogen (secondary N) is 1. The molecule has 1 aromatic heterocycles. The van der Waals surface area contributed by atoms with Crippen molar-refractivity contribution in [2.75, 3.05) is 29.9 Å². The predicted octanol–water partition coefficient (Wildman–Crippen LogP) is 3.63. The summed E-state index contributed by atoms with van der Waals surface area (Å²) in [5.41, 5.74) is 1.10. The number of hydrogen-bond acceptors (Lipinski definition) is 8. The largest absolute Gasteiger partial charge is 0.444 e. The molecule has 0 saturated carbocycles. The molecule has 0 radical (unpaired) electrons. The number of amides is 2. The van der Waals surface area contributed by atoms with Crippen LogP contribution in [0.4, 0.5) is 16.3 Å². The topological polar surface area (TPSA) is 132 Å². The number of halogens is 1. The van der Waals surface area contributed by atoms with E-state index in [2.05, 4.69) is 21.4 Å². The second-order valence-electron chi connectivity index (χ2n) is 11.2. The number of nitrogens with zero attached hydrogens (tertiary/aromatic N) is 5. The first-order chi connectivity index (χ1) is 18.0. The standard InChI is InChI=1S/C27H31ClN6O4/c1-26(2,3)38-25(37)34-13-12-33(15-17(34)9-11-29)22-18-8-10-27(21(35)20(18)31-24(28)32-22)14-16-6-4-5-7-19(16)30-23(27)36/h4-7,17,21,35H,8-10,12-15H2,1-3H3,(H,30,36)/t17-,21?,27?/m0/s1. The van der Waals surface area contributed by atoms with Crippen LogP contribution >= 0.6 is 11.6 Å². The molecule has 200 valence electrons. The van der Waals surface area contributed by atoms with Gasteiger partial charge in [0.1, 0.15) is 17.5 Å². The molecule has 38 heavy (non-hydrogen) atoms. The third-order valence-electron chi connectivity index (χ3n) is 7.55. The van der Waals surface area contributed by atoms with Crippen molar-refractivity contribution >= 4 is 35.1 Å². The van der Waals surface area contributed by atoms with Crippen molar-refractivity contribution in [2.24, 2.45) is 5.41 Å². The van der Waals surface area contributed by atoms with Crippen LogP contribution in [0.3, 0.4) is 0 Å². The maximum absolute atomic E-state index is 13.3. The highest BCUT2D eigenvalue weighted by molar-refractivity contribution is 6.28. The van der Waals surface area contributed by atoms with E-state index in [1.807, 2.05) is 29.2 Å². The first-order valence-electron chi connectivity index (χ1n) is 12.8. The van der Waals surface area contributed by atoms with E-state index < -0.39 is 29.3 Å². The highest BCUT2D eigenvalue weighted by Gasteiger charge is 2.52. The maximum Gasteiger partial charge on any atom is 0.410 e. The molecule has 1 aromatic carbocycles. The Hall–Kier alpha value is -3.42. The number of aliphatic hydroxyl groups excluding tert-OH is 1. The lowest BCUT2D eigenvalue weighted by molar-refractivity contribution is -0.135. The van der Waals surface area contributed by atoms with Gasteiger partial charge >= 0.3 is 6.09 Å². The second-order valence-corrected chi connectivity index (χ2v) is 11.5. The molecule has 3 aliphatic rings. The fourth-order valence-electron chi connectivity index (χ4n) is 5.71. The van der Waals surface area contributed by atoms with Crippen LogP contribution in [-0.2, 0) is 22.4 Å². The van der Waals surface area contributed by atoms with E-state index in [0.29, 0.717) is 50.4 Å². The van der Waals surface area contributed by atoms with Gasteiger partial charge in [-0.1, -0.05) is 18.2 Å². The number of nitriles is 1. The first kappa shape index (κ1) is 26.2. The third kappa shape index (κ3) is 4.65. The van der Waals surface area contributed by atoms with E-state index in [4.69, 9.17) is 16.3 Å². The Morgan fingerprint density at radius 2 is 2.08 bits per heavy atom. The number of ether oxygens (including phenoxy) is 1. The number of anilines is 2. The lowest BCUT2D eigenvalue weighted by atomic mass is 9.65. The number of para-hydroxylation sites is 1. The van der Waals surface area contributed by atoms with Crippen LogP contribution < -0.4 is 10.2 Å². The quantitative estimate of drug-likeness (QED) is 0.554. The van der Waals surface area contributed by atoms with E-state index in [0.717, 1.165) is 16.8 Å². The van der Waals surface area contributed by atoms with Crippen molar-refractivity contribution < 1.29 is 19.4 Å². The van der Waals surface area contributed by atoms with Gasteiger partial charge in [-0.3, -0.25) is 4.79 Å². The number of carbonyl (C=O) groups excluding carboxylic acids is 2. The lowest BCUT2D eigenvalue weighted by Crippen LogP contribution is -2.56. The summed E-state index contributed by atoms with van der Waals surface area (Å²) in [4.78, 5) is 38.6. The molecule has 2 N–H and O–H groups in total. The summed E-state index contributed by atoms with van der Waals surface area (Å²) in [6.45, 7) is 6.54. The first-order valence-corrected chi connectivity index (χ1v) is 13.2. The van der Waals surface area contributed by atoms with Gasteiger partial charge in [0.15, 0.2) is 0 Å². The summed E-state index contributed by atoms with van der Waals surface area (Å²) in [5, 5.41) is 24.0. The van der Waals surface area contributed by atoms with E-state index in [-0.39, 0.29) is 17.6 Å². The van der Waals surface area contributed by atoms with E-state index in [1.54, 1.807) is 25.7 Å². The smallest absolute Gasteiger partial charge is 0.410 e. The molecule has 2 unspecified atom stereocenters. The average Bonchev–Trinajstić information content (AvgIpc) is 2.85. The third-order valence-corrected chi connectivity index (χ3v) is 7.72. The predicted molar refractivity (Wildman–Crippen MR) is 141 cm³/mol. The summed E-state index contributed by atoms with van der Waals surface area (Å²) in [6, 6.07) is 9.35. The van der Waals surface area contributed by atoms with Gasteiger partial charge in [0.2, 0.25) is 11.2 Å². The van der Waals surface area contributed by atoms with Crippen LogP contribution in [-0.4, -0.2) is 63.3 Å². The number of rotatable bonds is 2. The van der Waals surface area contributed by atoms with Crippen LogP contribution in [0.1, 0.15) is 56.5 Å². The van der Waals surface area contributed by atoms with E-state index in [9.17, 15) is 20.0 Å². The highest BCUT2D eigenvalue weighted by atomic mass is 35.5. The minimum Gasteiger partial charge on any atom is -0.444 e. The summed E-state index contributed by atoms with van der Waals surface area (Å²) >= 11 is 6.36. The SMILES string of the molecule is CC(C)(C)OC(=O)N1CCN(c2nc(Cl)nc3c2CCC2(Cc4ccccc4NC2=O)C3O)C[C@@H]1CC#N. The van der Waals surface area contributed by atoms with Gasteiger partial charge in [-0.15, -0.1) is 0 Å². The molecule has 3 atom stereocenters. The normalized spacial score (nSPS) is 24.8. The van der Waals surface area contributed by atoms with E-state index in [1.165, 1.54) is 0 Å². The fourth-order valence-corrected chi connectivity index (χ4v) is 5.88. The number of fused-ring (bicyclic) bond motifs is 2. The highest BCUT2D eigenvalue weighted by Crippen LogP contribution is 2.50. The van der Waals surface area contributed by atoms with Gasteiger partial charge in [-0.05, 0) is 63.3 Å². The average molecular weight is 539 g/mol. The van der Waals surface area contributed by atoms with Crippen LogP contribution in [0.15, 0.2) is 24.3 Å². The molecular weight excluding hydrogens is 508 g/mol. The van der Waals surface area contributed by atoms with Crippen molar-refractivity contribution in [3.63, 3.8) is 0 Å². The Kier molecular flexibility index (Phi) is 6.70. The van der Waals surface area contributed by atoms with Gasteiger partial charge in [0.25, 0.3) is 0 Å². The molecule has 5 rings (SSSR count). The molecule has 3 heterocycles. The minimum atomic E-state index is -1.17. The number of aromatic nitrogens is 2. The van der Waals surface area contributed by atoms with Crippen molar-refractivity contribution in [1.29, 1.82) is 5.26 Å². The Morgan fingerprint density at radius 3 is 2.82 bits per heavy atom. The molecule has 2 amide bonds. The van der Waals surface area contributed by atoms with Crippen LogP contribution in [0.25, 0.3) is 0 Å². The van der Waals surface area contributed by atoms with Crippen molar-refractivity contribution in [1.82, 2.24) is 14.9 Å². The molecule has 1 fully saturated rings. The zero-order valence-electron chi connectivity index (χ0n) is 21.7. The Labute approximate surface area is 226 Å². The Bertz CT molecular complexity index is 1320. The summed E-state index contributed by atoms with van der Waals surface area (Å²) in [7, 11) is 0. The van der Waals surface area contributed by atoms with Gasteiger partial charge in [-0.2, -0.15) is 5.26 Å². The molecule has 1 saturated heterocycles. The molecule has 10 nitrogen and oxygen atoms in total. The van der Waals surface area contributed by atoms with Crippen LogP contribution in [0.2, 0.25) is 5.28 Å². The Balaban J connectivity index is 1.44. The van der Waals surface area contributed by atoms with Crippen molar-refractivity contribution in [2.45, 2.75) is 64.2 Å². The molecule has 0 bridgehead atoms. The number of aliphatic hydroxyl groups is 1. The lowest BCUT2D eigenvalue weighted by Gasteiger charge is -2.45. The molecule has 2 aliphatic heterocycles. The zero-order valence-corrected chi connectivity index (χ0v) is 22.5. The summed E-state index contributed by atoms with van der Waals surface area (Å²) in [6.07, 6.45) is -0.214. The van der Waals surface area contributed by atoms with Gasteiger partial charge in [0.05, 0.1) is 29.6 Å². The number of hydrogen-bond donors (Lipinski definition) is 2. The number of benzene rings is 1. The number of piperazine rings is 1. The van der Waals surface area contributed by atoms with Gasteiger partial charge in [-0.25, -0.2) is 14.8 Å². The summed E-state index contributed by atoms with van der Waals surface area (Å²) < 4.78 is 5.56. The monoisotopic (exact) mass is 538 g/mol. The minimum absolute atomic E-state index is 0.0297. The van der Waals surface area contributed by atoms with Crippen molar-refractivity contribution in [3.8, 4) is 6.07 Å².